The molecule has 1 saturated carbocycles. The Bertz CT molecular complexity index is 581. The van der Waals surface area contributed by atoms with E-state index in [1.807, 2.05) is 0 Å². The minimum Gasteiger partial charge on any atom is -0.368 e. The quantitative estimate of drug-likeness (QED) is 0.891. The van der Waals surface area contributed by atoms with E-state index >= 15 is 0 Å². The van der Waals surface area contributed by atoms with Gasteiger partial charge in [-0.3, -0.25) is 4.57 Å². The monoisotopic (exact) mass is 287 g/mol. The molecule has 3 rings (SSSR count). The first-order valence-corrected chi connectivity index (χ1v) is 7.44. The molecule has 21 heavy (non-hydrogen) atoms. The molecule has 0 saturated heterocycles. The Morgan fingerprint density at radius 1 is 1.33 bits per heavy atom. The predicted octanol–water partition coefficient (Wildman–Crippen LogP) is 1.88. The Morgan fingerprint density at radius 2 is 2.24 bits per heavy atom. The fourth-order valence-corrected chi connectivity index (χ4v) is 2.93. The van der Waals surface area contributed by atoms with Crippen molar-refractivity contribution in [3.05, 3.63) is 18.7 Å². The van der Waals surface area contributed by atoms with Gasteiger partial charge in [0.05, 0.1) is 0 Å². The van der Waals surface area contributed by atoms with E-state index < -0.39 is 0 Å². The SMILES string of the molecule is CC1CCCC(CNc2nc(N)nc(-n3ccnc3)n2)C1. The highest BCUT2D eigenvalue weighted by molar-refractivity contribution is 5.35. The molecule has 7 heteroatoms. The van der Waals surface area contributed by atoms with Gasteiger partial charge >= 0.3 is 0 Å². The van der Waals surface area contributed by atoms with Crippen LogP contribution in [-0.2, 0) is 0 Å². The number of rotatable bonds is 4. The summed E-state index contributed by atoms with van der Waals surface area (Å²) in [4.78, 5) is 16.7. The summed E-state index contributed by atoms with van der Waals surface area (Å²) in [7, 11) is 0. The van der Waals surface area contributed by atoms with E-state index in [1.165, 1.54) is 25.7 Å². The molecule has 0 aromatic carbocycles. The van der Waals surface area contributed by atoms with Crippen molar-refractivity contribution in [2.75, 3.05) is 17.6 Å². The lowest BCUT2D eigenvalue weighted by Crippen LogP contribution is -2.22. The summed E-state index contributed by atoms with van der Waals surface area (Å²) in [5.74, 6) is 2.73. The largest absolute Gasteiger partial charge is 0.368 e. The van der Waals surface area contributed by atoms with Crippen molar-refractivity contribution in [3.63, 3.8) is 0 Å². The number of nitrogens with two attached hydrogens (primary N) is 1. The first-order chi connectivity index (χ1) is 10.2. The van der Waals surface area contributed by atoms with Crippen LogP contribution >= 0.6 is 0 Å². The number of anilines is 2. The summed E-state index contributed by atoms with van der Waals surface area (Å²) in [5, 5.41) is 3.30. The Balaban J connectivity index is 1.68. The normalized spacial score (nSPS) is 22.1. The van der Waals surface area contributed by atoms with Gasteiger partial charge in [-0.15, -0.1) is 0 Å². The average molecular weight is 287 g/mol. The van der Waals surface area contributed by atoms with Crippen molar-refractivity contribution in [2.45, 2.75) is 32.6 Å². The summed E-state index contributed by atoms with van der Waals surface area (Å²) in [6.45, 7) is 3.21. The average Bonchev–Trinajstić information content (AvgIpc) is 2.99. The van der Waals surface area contributed by atoms with E-state index in [0.29, 0.717) is 17.8 Å². The molecule has 1 aliphatic rings. The molecule has 0 radical (unpaired) electrons. The standard InChI is InChI=1S/C14H21N7/c1-10-3-2-4-11(7-10)8-17-13-18-12(15)19-14(20-13)21-6-5-16-9-21/h5-6,9-11H,2-4,7-8H2,1H3,(H3,15,17,18,19,20). The molecule has 1 fully saturated rings. The Labute approximate surface area is 124 Å². The molecule has 2 heterocycles. The van der Waals surface area contributed by atoms with Gasteiger partial charge in [0.15, 0.2) is 0 Å². The van der Waals surface area contributed by atoms with Gasteiger partial charge in [-0.1, -0.05) is 19.8 Å². The number of hydrogen-bond donors (Lipinski definition) is 2. The first kappa shape index (κ1) is 13.8. The summed E-state index contributed by atoms with van der Waals surface area (Å²) >= 11 is 0. The second-order valence-electron chi connectivity index (χ2n) is 5.81. The maximum atomic E-state index is 5.76. The number of hydrogen-bond acceptors (Lipinski definition) is 6. The topological polar surface area (TPSA) is 94.5 Å². The van der Waals surface area contributed by atoms with Crippen molar-refractivity contribution in [3.8, 4) is 5.95 Å². The molecular weight excluding hydrogens is 266 g/mol. The third-order valence-electron chi connectivity index (χ3n) is 3.97. The van der Waals surface area contributed by atoms with Crippen LogP contribution in [0.15, 0.2) is 18.7 Å². The highest BCUT2D eigenvalue weighted by Gasteiger charge is 2.19. The van der Waals surface area contributed by atoms with Crippen LogP contribution in [0.2, 0.25) is 0 Å². The minimum atomic E-state index is 0.216. The molecule has 0 amide bonds. The first-order valence-electron chi connectivity index (χ1n) is 7.44. The third kappa shape index (κ3) is 3.48. The minimum absolute atomic E-state index is 0.216. The van der Waals surface area contributed by atoms with Crippen molar-refractivity contribution in [2.24, 2.45) is 11.8 Å². The van der Waals surface area contributed by atoms with Crippen molar-refractivity contribution in [1.82, 2.24) is 24.5 Å². The molecule has 2 aromatic heterocycles. The van der Waals surface area contributed by atoms with Crippen LogP contribution in [0.3, 0.4) is 0 Å². The molecule has 0 aliphatic heterocycles. The van der Waals surface area contributed by atoms with Crippen LogP contribution in [0, 0.1) is 11.8 Å². The van der Waals surface area contributed by atoms with Gasteiger partial charge in [-0.05, 0) is 24.7 Å². The van der Waals surface area contributed by atoms with E-state index in [0.717, 1.165) is 12.5 Å². The van der Waals surface area contributed by atoms with Crippen LogP contribution in [0.25, 0.3) is 5.95 Å². The Morgan fingerprint density at radius 3 is 3.00 bits per heavy atom. The lowest BCUT2D eigenvalue weighted by Gasteiger charge is -2.26. The fraction of sp³-hybridized carbons (Fsp3) is 0.571. The lowest BCUT2D eigenvalue weighted by atomic mass is 9.82. The van der Waals surface area contributed by atoms with E-state index in [4.69, 9.17) is 5.73 Å². The summed E-state index contributed by atoms with van der Waals surface area (Å²) in [6, 6.07) is 0. The van der Waals surface area contributed by atoms with Gasteiger partial charge in [0.2, 0.25) is 17.8 Å². The summed E-state index contributed by atoms with van der Waals surface area (Å²) in [6.07, 6.45) is 10.3. The third-order valence-corrected chi connectivity index (χ3v) is 3.97. The van der Waals surface area contributed by atoms with Crippen LogP contribution < -0.4 is 11.1 Å². The van der Waals surface area contributed by atoms with E-state index in [9.17, 15) is 0 Å². The van der Waals surface area contributed by atoms with Crippen molar-refractivity contribution in [1.29, 1.82) is 0 Å². The smallest absolute Gasteiger partial charge is 0.241 e. The molecule has 0 bridgehead atoms. The predicted molar refractivity (Wildman–Crippen MR) is 81.0 cm³/mol. The second-order valence-corrected chi connectivity index (χ2v) is 5.81. The van der Waals surface area contributed by atoms with E-state index in [2.05, 4.69) is 32.2 Å². The van der Waals surface area contributed by atoms with Gasteiger partial charge in [-0.25, -0.2) is 4.98 Å². The molecule has 0 spiro atoms. The number of imidazole rings is 1. The summed E-state index contributed by atoms with van der Waals surface area (Å²) < 4.78 is 1.71. The lowest BCUT2D eigenvalue weighted by molar-refractivity contribution is 0.293. The van der Waals surface area contributed by atoms with Crippen molar-refractivity contribution < 1.29 is 0 Å². The van der Waals surface area contributed by atoms with Gasteiger partial charge < -0.3 is 11.1 Å². The summed E-state index contributed by atoms with van der Waals surface area (Å²) in [5.41, 5.74) is 5.76. The van der Waals surface area contributed by atoms with Gasteiger partial charge in [0, 0.05) is 18.9 Å². The molecule has 2 aromatic rings. The molecule has 112 valence electrons. The van der Waals surface area contributed by atoms with Crippen molar-refractivity contribution >= 4 is 11.9 Å². The fourth-order valence-electron chi connectivity index (χ4n) is 2.93. The number of aromatic nitrogens is 5. The van der Waals surface area contributed by atoms with Gasteiger partial charge in [0.1, 0.15) is 6.33 Å². The molecule has 2 unspecified atom stereocenters. The number of nitrogen functional groups attached to an aromatic ring is 1. The zero-order valence-electron chi connectivity index (χ0n) is 12.2. The highest BCUT2D eigenvalue weighted by atomic mass is 15.3. The number of nitrogens with one attached hydrogen (secondary N) is 1. The maximum Gasteiger partial charge on any atom is 0.241 e. The Hall–Kier alpha value is -2.18. The second kappa shape index (κ2) is 6.07. The Kier molecular flexibility index (Phi) is 3.98. The van der Waals surface area contributed by atoms with Gasteiger partial charge in [0.25, 0.3) is 0 Å². The zero-order valence-corrected chi connectivity index (χ0v) is 12.2. The van der Waals surface area contributed by atoms with Crippen LogP contribution in [0.5, 0.6) is 0 Å². The van der Waals surface area contributed by atoms with E-state index in [1.54, 1.807) is 23.3 Å². The highest BCUT2D eigenvalue weighted by Crippen LogP contribution is 2.28. The molecule has 7 nitrogen and oxygen atoms in total. The molecular formula is C14H21N7. The zero-order chi connectivity index (χ0) is 14.7. The molecule has 1 aliphatic carbocycles. The molecule has 3 N–H and O–H groups in total. The molecule has 2 atom stereocenters. The van der Waals surface area contributed by atoms with Crippen LogP contribution in [0.4, 0.5) is 11.9 Å². The van der Waals surface area contributed by atoms with Crippen LogP contribution in [-0.4, -0.2) is 31.0 Å². The van der Waals surface area contributed by atoms with Gasteiger partial charge in [-0.2, -0.15) is 15.0 Å². The number of nitrogens with zero attached hydrogens (tertiary/aromatic N) is 5. The van der Waals surface area contributed by atoms with E-state index in [-0.39, 0.29) is 5.95 Å². The maximum absolute atomic E-state index is 5.76. The van der Waals surface area contributed by atoms with Crippen LogP contribution in [0.1, 0.15) is 32.6 Å².